The number of nitrogens with one attached hydrogen (secondary N) is 1. The molecule has 6 heteroatoms. The molecule has 0 bridgehead atoms. The lowest BCUT2D eigenvalue weighted by Crippen LogP contribution is -2.27. The highest BCUT2D eigenvalue weighted by Crippen LogP contribution is 2.24. The highest BCUT2D eigenvalue weighted by atomic mass is 79.9. The van der Waals surface area contributed by atoms with Crippen LogP contribution in [-0.2, 0) is 4.74 Å². The number of carbonyl (C=O) groups excluding carboxylic acids is 1. The average Bonchev–Trinajstić information content (AvgIpc) is 2.06. The number of hydrogen-bond donors (Lipinski definition) is 1. The summed E-state index contributed by atoms with van der Waals surface area (Å²) in [6.07, 6.45) is 0.924. The molecule has 1 N–H and O–H groups in total. The molecular weight excluding hydrogens is 295 g/mol. The lowest BCUT2D eigenvalue weighted by Gasteiger charge is -2.19. The third-order valence-corrected chi connectivity index (χ3v) is 2.32. The minimum Gasteiger partial charge on any atom is -0.444 e. The van der Waals surface area contributed by atoms with Crippen molar-refractivity contribution in [1.82, 2.24) is 4.98 Å². The van der Waals surface area contributed by atoms with Crippen molar-refractivity contribution in [2.45, 2.75) is 26.4 Å². The Morgan fingerprint density at radius 3 is 2.69 bits per heavy atom. The number of rotatable bonds is 1. The molecule has 1 rings (SSSR count). The lowest BCUT2D eigenvalue weighted by atomic mass is 10.2. The largest absolute Gasteiger partial charge is 0.444 e. The fraction of sp³-hybridized carbons (Fsp3) is 0.400. The zero-order valence-electron chi connectivity index (χ0n) is 9.17. The molecule has 4 nitrogen and oxygen atoms in total. The summed E-state index contributed by atoms with van der Waals surface area (Å²) >= 11 is 8.94. The number of anilines is 1. The van der Waals surface area contributed by atoms with E-state index in [1.807, 2.05) is 0 Å². The monoisotopic (exact) mass is 306 g/mol. The molecule has 88 valence electrons. The predicted molar refractivity (Wildman–Crippen MR) is 66.8 cm³/mol. The Labute approximate surface area is 107 Å². The van der Waals surface area contributed by atoms with Gasteiger partial charge in [-0.25, -0.2) is 9.78 Å². The van der Waals surface area contributed by atoms with E-state index < -0.39 is 11.7 Å². The maximum atomic E-state index is 11.5. The van der Waals surface area contributed by atoms with Gasteiger partial charge < -0.3 is 4.74 Å². The number of hydrogen-bond acceptors (Lipinski definition) is 3. The van der Waals surface area contributed by atoms with Gasteiger partial charge in [-0.15, -0.1) is 0 Å². The quantitative estimate of drug-likeness (QED) is 0.802. The number of ether oxygens (including phenoxy) is 1. The summed E-state index contributed by atoms with van der Waals surface area (Å²) in [7, 11) is 0. The lowest BCUT2D eigenvalue weighted by molar-refractivity contribution is 0.0636. The Balaban J connectivity index is 2.70. The molecule has 1 heterocycles. The summed E-state index contributed by atoms with van der Waals surface area (Å²) < 4.78 is 5.75. The first-order valence-corrected chi connectivity index (χ1v) is 5.76. The van der Waals surface area contributed by atoms with E-state index in [1.165, 1.54) is 6.20 Å². The normalized spacial score (nSPS) is 11.1. The molecule has 1 aromatic rings. The number of amides is 1. The van der Waals surface area contributed by atoms with Crippen LogP contribution in [-0.4, -0.2) is 16.7 Å². The Bertz CT molecular complexity index is 404. The van der Waals surface area contributed by atoms with Crippen LogP contribution in [0.15, 0.2) is 16.7 Å². The molecule has 0 spiro atoms. The fourth-order valence-electron chi connectivity index (χ4n) is 0.913. The van der Waals surface area contributed by atoms with Crippen molar-refractivity contribution in [3.05, 3.63) is 21.9 Å². The van der Waals surface area contributed by atoms with Gasteiger partial charge in [-0.2, -0.15) is 0 Å². The van der Waals surface area contributed by atoms with Crippen molar-refractivity contribution in [3.63, 3.8) is 0 Å². The minimum atomic E-state index is -0.531. The second-order valence-corrected chi connectivity index (χ2v) is 5.36. The number of aromatic nitrogens is 1. The Morgan fingerprint density at radius 2 is 2.19 bits per heavy atom. The van der Waals surface area contributed by atoms with E-state index in [9.17, 15) is 4.79 Å². The van der Waals surface area contributed by atoms with E-state index in [0.717, 1.165) is 0 Å². The summed E-state index contributed by atoms with van der Waals surface area (Å²) in [4.78, 5) is 15.3. The molecule has 0 saturated carbocycles. The average molecular weight is 308 g/mol. The maximum absolute atomic E-state index is 11.5. The van der Waals surface area contributed by atoms with Gasteiger partial charge in [0.25, 0.3) is 0 Å². The summed E-state index contributed by atoms with van der Waals surface area (Å²) in [5, 5.41) is 2.91. The van der Waals surface area contributed by atoms with Crippen LogP contribution < -0.4 is 5.32 Å². The Kier molecular flexibility index (Phi) is 4.15. The molecule has 1 amide bonds. The summed E-state index contributed by atoms with van der Waals surface area (Å²) in [6, 6.07) is 1.59. The molecule has 0 radical (unpaired) electrons. The zero-order valence-corrected chi connectivity index (χ0v) is 11.5. The van der Waals surface area contributed by atoms with Crippen molar-refractivity contribution in [2.24, 2.45) is 0 Å². The van der Waals surface area contributed by atoms with Gasteiger partial charge in [-0.05, 0) is 42.8 Å². The second kappa shape index (κ2) is 5.01. The highest BCUT2D eigenvalue weighted by molar-refractivity contribution is 9.10. The van der Waals surface area contributed by atoms with Crippen molar-refractivity contribution >= 4 is 39.3 Å². The van der Waals surface area contributed by atoms with Crippen LogP contribution in [0.25, 0.3) is 0 Å². The van der Waals surface area contributed by atoms with Crippen LogP contribution in [0.1, 0.15) is 20.8 Å². The van der Waals surface area contributed by atoms with Gasteiger partial charge in [-0.3, -0.25) is 5.32 Å². The summed E-state index contributed by atoms with van der Waals surface area (Å²) in [6.45, 7) is 5.38. The van der Waals surface area contributed by atoms with Crippen molar-refractivity contribution < 1.29 is 9.53 Å². The SMILES string of the molecule is CC(C)(C)OC(=O)Nc1cnc(Cl)cc1Br. The van der Waals surface area contributed by atoms with E-state index in [2.05, 4.69) is 26.2 Å². The van der Waals surface area contributed by atoms with Crippen molar-refractivity contribution in [3.8, 4) is 0 Å². The first-order valence-electron chi connectivity index (χ1n) is 4.59. The van der Waals surface area contributed by atoms with Crippen LogP contribution in [0.2, 0.25) is 5.15 Å². The van der Waals surface area contributed by atoms with Gasteiger partial charge in [0, 0.05) is 4.47 Å². The third-order valence-electron chi connectivity index (χ3n) is 1.46. The third kappa shape index (κ3) is 4.37. The van der Waals surface area contributed by atoms with Crippen LogP contribution in [0, 0.1) is 0 Å². The van der Waals surface area contributed by atoms with E-state index in [-0.39, 0.29) is 0 Å². The van der Waals surface area contributed by atoms with E-state index in [1.54, 1.807) is 26.8 Å². The molecule has 0 aromatic carbocycles. The first-order chi connectivity index (χ1) is 7.28. The molecule has 0 aliphatic carbocycles. The highest BCUT2D eigenvalue weighted by Gasteiger charge is 2.17. The molecule has 1 aromatic heterocycles. The molecule has 16 heavy (non-hydrogen) atoms. The number of halogens is 2. The molecule has 0 fully saturated rings. The second-order valence-electron chi connectivity index (χ2n) is 4.11. The smallest absolute Gasteiger partial charge is 0.412 e. The van der Waals surface area contributed by atoms with Gasteiger partial charge >= 0.3 is 6.09 Å². The van der Waals surface area contributed by atoms with Gasteiger partial charge in [0.15, 0.2) is 0 Å². The van der Waals surface area contributed by atoms with Crippen LogP contribution in [0.5, 0.6) is 0 Å². The molecule has 0 unspecified atom stereocenters. The first kappa shape index (κ1) is 13.3. The molecule has 0 atom stereocenters. The molecule has 0 aliphatic heterocycles. The van der Waals surface area contributed by atoms with E-state index in [4.69, 9.17) is 16.3 Å². The topological polar surface area (TPSA) is 51.2 Å². The van der Waals surface area contributed by atoms with E-state index in [0.29, 0.717) is 15.3 Å². The minimum absolute atomic E-state index is 0.349. The van der Waals surface area contributed by atoms with Gasteiger partial charge in [0.05, 0.1) is 11.9 Å². The molecular formula is C10H12BrClN2O2. The zero-order chi connectivity index (χ0) is 12.3. The number of carbonyl (C=O) groups is 1. The van der Waals surface area contributed by atoms with Crippen LogP contribution in [0.4, 0.5) is 10.5 Å². The van der Waals surface area contributed by atoms with Crippen molar-refractivity contribution in [1.29, 1.82) is 0 Å². The summed E-state index contributed by atoms with van der Waals surface area (Å²) in [5.74, 6) is 0. The van der Waals surface area contributed by atoms with Gasteiger partial charge in [0.1, 0.15) is 10.8 Å². The maximum Gasteiger partial charge on any atom is 0.412 e. The standard InChI is InChI=1S/C10H12BrClN2O2/c1-10(2,3)16-9(15)14-7-5-13-8(12)4-6(7)11/h4-5H,1-3H3,(H,14,15). The molecule has 0 aliphatic rings. The van der Waals surface area contributed by atoms with E-state index >= 15 is 0 Å². The van der Waals surface area contributed by atoms with Gasteiger partial charge in [0.2, 0.25) is 0 Å². The molecule has 0 saturated heterocycles. The predicted octanol–water partition coefficient (Wildman–Crippen LogP) is 3.84. The number of pyridine rings is 1. The van der Waals surface area contributed by atoms with Crippen molar-refractivity contribution in [2.75, 3.05) is 5.32 Å². The Morgan fingerprint density at radius 1 is 1.56 bits per heavy atom. The fourth-order valence-corrected chi connectivity index (χ4v) is 1.62. The van der Waals surface area contributed by atoms with Gasteiger partial charge in [-0.1, -0.05) is 11.6 Å². The van der Waals surface area contributed by atoms with Crippen LogP contribution in [0.3, 0.4) is 0 Å². The Hall–Kier alpha value is -0.810. The number of nitrogens with zero attached hydrogens (tertiary/aromatic N) is 1. The summed E-state index contributed by atoms with van der Waals surface area (Å²) in [5.41, 5.74) is -0.0187. The van der Waals surface area contributed by atoms with Crippen LogP contribution >= 0.6 is 27.5 Å².